The Morgan fingerprint density at radius 2 is 1.69 bits per heavy atom. The summed E-state index contributed by atoms with van der Waals surface area (Å²) in [5.41, 5.74) is 0. The number of hydrogen-bond acceptors (Lipinski definition) is 2. The molecule has 0 radical (unpaired) electrons. The van der Waals surface area contributed by atoms with Crippen molar-refractivity contribution in [3.8, 4) is 0 Å². The zero-order valence-corrected chi connectivity index (χ0v) is 11.1. The third-order valence-electron chi connectivity index (χ3n) is 3.07. The summed E-state index contributed by atoms with van der Waals surface area (Å²) in [5.74, 6) is 2.09. The van der Waals surface area contributed by atoms with Crippen molar-refractivity contribution in [2.45, 2.75) is 30.6 Å². The van der Waals surface area contributed by atoms with Gasteiger partial charge in [-0.05, 0) is 24.7 Å². The van der Waals surface area contributed by atoms with Crippen LogP contribution >= 0.6 is 22.6 Å². The Hall–Kier alpha value is 0.680. The molecule has 1 rings (SSSR count). The highest BCUT2D eigenvalue weighted by molar-refractivity contribution is 14.1. The Morgan fingerprint density at radius 3 is 2.08 bits per heavy atom. The van der Waals surface area contributed by atoms with E-state index in [1.807, 2.05) is 0 Å². The van der Waals surface area contributed by atoms with Crippen LogP contribution in [-0.4, -0.2) is 23.8 Å². The van der Waals surface area contributed by atoms with Gasteiger partial charge in [0.1, 0.15) is 9.84 Å². The molecule has 2 nitrogen and oxygen atoms in total. The maximum Gasteiger partial charge on any atom is 0.150 e. The zero-order chi connectivity index (χ0) is 10.1. The Labute approximate surface area is 94.5 Å². The van der Waals surface area contributed by atoms with Crippen LogP contribution in [0, 0.1) is 11.8 Å². The standard InChI is InChI=1S/C9H17IO2S/c1-7(8(2)10)9-3-5-13(11,12)6-4-9/h7-9H,3-6H2,1-2H3/t7?,8-/m1/s1. The molecular formula is C9H17IO2S. The summed E-state index contributed by atoms with van der Waals surface area (Å²) in [6.45, 7) is 4.44. The van der Waals surface area contributed by atoms with E-state index in [0.29, 0.717) is 27.3 Å². The fourth-order valence-corrected chi connectivity index (χ4v) is 3.92. The van der Waals surface area contributed by atoms with Gasteiger partial charge in [-0.15, -0.1) is 0 Å². The van der Waals surface area contributed by atoms with Gasteiger partial charge in [-0.1, -0.05) is 36.4 Å². The minimum atomic E-state index is -2.68. The van der Waals surface area contributed by atoms with Gasteiger partial charge in [-0.2, -0.15) is 0 Å². The second kappa shape index (κ2) is 4.47. The van der Waals surface area contributed by atoms with Crippen LogP contribution in [0.1, 0.15) is 26.7 Å². The van der Waals surface area contributed by atoms with Gasteiger partial charge in [-0.25, -0.2) is 8.42 Å². The smallest absolute Gasteiger partial charge is 0.150 e. The van der Waals surface area contributed by atoms with Gasteiger partial charge in [0.2, 0.25) is 0 Å². The van der Waals surface area contributed by atoms with Crippen molar-refractivity contribution in [2.75, 3.05) is 11.5 Å². The lowest BCUT2D eigenvalue weighted by Gasteiger charge is -2.29. The molecule has 0 aromatic carbocycles. The second-order valence-corrected chi connectivity index (χ2v) is 8.29. The monoisotopic (exact) mass is 316 g/mol. The number of sulfone groups is 1. The SMILES string of the molecule is CC(C1CCS(=O)(=O)CC1)[C@@H](C)I. The van der Waals surface area contributed by atoms with Crippen LogP contribution < -0.4 is 0 Å². The summed E-state index contributed by atoms with van der Waals surface area (Å²) in [6, 6.07) is 0. The van der Waals surface area contributed by atoms with Crippen molar-refractivity contribution < 1.29 is 8.42 Å². The molecule has 2 atom stereocenters. The molecule has 1 aliphatic rings. The average Bonchev–Trinajstić information content (AvgIpc) is 2.03. The predicted octanol–water partition coefficient (Wildman–Crippen LogP) is 2.27. The van der Waals surface area contributed by atoms with E-state index in [2.05, 4.69) is 36.4 Å². The fourth-order valence-electron chi connectivity index (χ4n) is 1.81. The molecule has 0 bridgehead atoms. The van der Waals surface area contributed by atoms with Crippen LogP contribution in [0.2, 0.25) is 0 Å². The average molecular weight is 316 g/mol. The highest BCUT2D eigenvalue weighted by Crippen LogP contribution is 2.30. The van der Waals surface area contributed by atoms with E-state index in [4.69, 9.17) is 0 Å². The van der Waals surface area contributed by atoms with Crippen molar-refractivity contribution in [3.05, 3.63) is 0 Å². The molecule has 1 aliphatic heterocycles. The third-order valence-corrected chi connectivity index (χ3v) is 5.92. The molecule has 1 unspecified atom stereocenters. The lowest BCUT2D eigenvalue weighted by molar-refractivity contribution is 0.333. The summed E-state index contributed by atoms with van der Waals surface area (Å²) in [7, 11) is -2.68. The minimum Gasteiger partial charge on any atom is -0.229 e. The first-order valence-corrected chi connectivity index (χ1v) is 7.83. The molecule has 0 spiro atoms. The highest BCUT2D eigenvalue weighted by Gasteiger charge is 2.28. The topological polar surface area (TPSA) is 34.1 Å². The summed E-state index contributed by atoms with van der Waals surface area (Å²) in [6.07, 6.45) is 1.74. The van der Waals surface area contributed by atoms with Crippen LogP contribution in [0.5, 0.6) is 0 Å². The normalized spacial score (nSPS) is 28.2. The minimum absolute atomic E-state index is 0.408. The van der Waals surface area contributed by atoms with Gasteiger partial charge in [0.15, 0.2) is 0 Å². The number of alkyl halides is 1. The molecule has 0 N–H and O–H groups in total. The van der Waals surface area contributed by atoms with Crippen LogP contribution in [-0.2, 0) is 9.84 Å². The molecular weight excluding hydrogens is 299 g/mol. The van der Waals surface area contributed by atoms with Crippen LogP contribution in [0.25, 0.3) is 0 Å². The molecule has 0 amide bonds. The van der Waals surface area contributed by atoms with Crippen molar-refractivity contribution in [3.63, 3.8) is 0 Å². The van der Waals surface area contributed by atoms with E-state index in [1.54, 1.807) is 0 Å². The quantitative estimate of drug-likeness (QED) is 0.578. The first-order chi connectivity index (χ1) is 5.92. The molecule has 0 aliphatic carbocycles. The maximum absolute atomic E-state index is 11.2. The summed E-state index contributed by atoms with van der Waals surface area (Å²) < 4.78 is 23.0. The van der Waals surface area contributed by atoms with Crippen molar-refractivity contribution in [1.82, 2.24) is 0 Å². The first-order valence-electron chi connectivity index (χ1n) is 4.77. The molecule has 1 fully saturated rings. The Morgan fingerprint density at radius 1 is 1.23 bits per heavy atom. The maximum atomic E-state index is 11.2. The lowest BCUT2D eigenvalue weighted by Crippen LogP contribution is -2.29. The van der Waals surface area contributed by atoms with E-state index in [9.17, 15) is 8.42 Å². The summed E-state index contributed by atoms with van der Waals surface area (Å²) >= 11 is 2.43. The fraction of sp³-hybridized carbons (Fsp3) is 1.00. The molecule has 0 saturated carbocycles. The van der Waals surface area contributed by atoms with Crippen LogP contribution in [0.4, 0.5) is 0 Å². The number of rotatable bonds is 2. The molecule has 1 heterocycles. The van der Waals surface area contributed by atoms with E-state index >= 15 is 0 Å². The Kier molecular flexibility index (Phi) is 4.04. The van der Waals surface area contributed by atoms with Gasteiger partial charge in [-0.3, -0.25) is 0 Å². The van der Waals surface area contributed by atoms with E-state index in [-0.39, 0.29) is 0 Å². The summed E-state index contributed by atoms with van der Waals surface area (Å²) in [5, 5.41) is 0. The van der Waals surface area contributed by atoms with E-state index in [0.717, 1.165) is 12.8 Å². The largest absolute Gasteiger partial charge is 0.229 e. The van der Waals surface area contributed by atoms with Crippen molar-refractivity contribution in [2.24, 2.45) is 11.8 Å². The molecule has 0 aromatic heterocycles. The van der Waals surface area contributed by atoms with E-state index in [1.165, 1.54) is 0 Å². The number of hydrogen-bond donors (Lipinski definition) is 0. The van der Waals surface area contributed by atoms with Gasteiger partial charge in [0.05, 0.1) is 11.5 Å². The predicted molar refractivity (Wildman–Crippen MR) is 64.0 cm³/mol. The van der Waals surface area contributed by atoms with Gasteiger partial charge >= 0.3 is 0 Å². The Bertz CT molecular complexity index is 245. The summed E-state index contributed by atoms with van der Waals surface area (Å²) in [4.78, 5) is 0. The molecule has 4 heteroatoms. The van der Waals surface area contributed by atoms with Gasteiger partial charge < -0.3 is 0 Å². The van der Waals surface area contributed by atoms with Gasteiger partial charge in [0, 0.05) is 3.92 Å². The number of halogens is 1. The molecule has 78 valence electrons. The zero-order valence-electron chi connectivity index (χ0n) is 8.16. The Balaban J connectivity index is 2.50. The molecule has 13 heavy (non-hydrogen) atoms. The third kappa shape index (κ3) is 3.38. The first kappa shape index (κ1) is 11.8. The highest BCUT2D eigenvalue weighted by atomic mass is 127. The van der Waals surface area contributed by atoms with Crippen LogP contribution in [0.3, 0.4) is 0 Å². The molecule has 0 aromatic rings. The molecule has 1 saturated heterocycles. The second-order valence-electron chi connectivity index (χ2n) is 4.03. The van der Waals surface area contributed by atoms with Crippen LogP contribution in [0.15, 0.2) is 0 Å². The van der Waals surface area contributed by atoms with Crippen molar-refractivity contribution >= 4 is 32.4 Å². The van der Waals surface area contributed by atoms with E-state index < -0.39 is 9.84 Å². The van der Waals surface area contributed by atoms with Crippen molar-refractivity contribution in [1.29, 1.82) is 0 Å². The van der Waals surface area contributed by atoms with Gasteiger partial charge in [0.25, 0.3) is 0 Å². The lowest BCUT2D eigenvalue weighted by atomic mass is 9.87.